The summed E-state index contributed by atoms with van der Waals surface area (Å²) < 4.78 is 48.8. The lowest BCUT2D eigenvalue weighted by Gasteiger charge is -2.33. The first-order valence-electron chi connectivity index (χ1n) is 7.57. The Bertz CT molecular complexity index is 744. The smallest absolute Gasteiger partial charge is 0.366 e. The third kappa shape index (κ3) is 3.95. The zero-order chi connectivity index (χ0) is 18.2. The Kier molecular flexibility index (Phi) is 5.29. The van der Waals surface area contributed by atoms with E-state index in [9.17, 15) is 13.2 Å². The summed E-state index contributed by atoms with van der Waals surface area (Å²) in [6, 6.07) is 5.05. The lowest BCUT2D eigenvalue weighted by atomic mass is 10.0. The summed E-state index contributed by atoms with van der Waals surface area (Å²) in [5.41, 5.74) is 1.62. The molecule has 1 aromatic heterocycles. The van der Waals surface area contributed by atoms with E-state index in [1.807, 2.05) is 0 Å². The van der Waals surface area contributed by atoms with E-state index in [0.717, 1.165) is 0 Å². The van der Waals surface area contributed by atoms with Crippen LogP contribution in [0.2, 0.25) is 10.0 Å². The fourth-order valence-electron chi connectivity index (χ4n) is 2.77. The molecule has 0 bridgehead atoms. The molecule has 2 aromatic rings. The Morgan fingerprint density at radius 1 is 1.28 bits per heavy atom. The maximum Gasteiger partial charge on any atom is 0.415 e. The number of alkyl halides is 3. The molecule has 1 aliphatic heterocycles. The Morgan fingerprint density at radius 2 is 1.96 bits per heavy atom. The summed E-state index contributed by atoms with van der Waals surface area (Å²) in [5.74, 6) is 0.515. The summed E-state index contributed by atoms with van der Waals surface area (Å²) in [4.78, 5) is 1.66. The number of halogens is 5. The van der Waals surface area contributed by atoms with Crippen LogP contribution in [0.1, 0.15) is 11.3 Å². The van der Waals surface area contributed by atoms with Crippen molar-refractivity contribution in [1.82, 2.24) is 10.1 Å². The van der Waals surface area contributed by atoms with Crippen molar-refractivity contribution >= 4 is 23.2 Å². The average molecular weight is 395 g/mol. The minimum absolute atomic E-state index is 0.0106. The number of nitrogens with zero attached hydrogens (tertiary/aromatic N) is 2. The maximum absolute atomic E-state index is 12.9. The minimum atomic E-state index is -4.39. The highest BCUT2D eigenvalue weighted by Gasteiger charge is 2.43. The van der Waals surface area contributed by atoms with Crippen molar-refractivity contribution in [3.63, 3.8) is 0 Å². The second kappa shape index (κ2) is 7.15. The predicted molar refractivity (Wildman–Crippen MR) is 87.8 cm³/mol. The topological polar surface area (TPSA) is 38.5 Å². The number of benzene rings is 1. The fourth-order valence-corrected chi connectivity index (χ4v) is 3.34. The molecule has 1 aromatic carbocycles. The van der Waals surface area contributed by atoms with E-state index in [0.29, 0.717) is 39.2 Å². The predicted octanol–water partition coefficient (Wildman–Crippen LogP) is 4.72. The lowest BCUT2D eigenvalue weighted by Crippen LogP contribution is -2.48. The van der Waals surface area contributed by atoms with Gasteiger partial charge in [-0.3, -0.25) is 4.90 Å². The summed E-state index contributed by atoms with van der Waals surface area (Å²) in [6.45, 7) is 2.09. The van der Waals surface area contributed by atoms with Crippen molar-refractivity contribution in [2.45, 2.75) is 25.7 Å². The van der Waals surface area contributed by atoms with Crippen LogP contribution in [0.15, 0.2) is 22.7 Å². The van der Waals surface area contributed by atoms with E-state index in [2.05, 4.69) is 5.16 Å². The number of hydrogen-bond acceptors (Lipinski definition) is 4. The van der Waals surface area contributed by atoms with Gasteiger partial charge in [0.15, 0.2) is 6.10 Å². The highest BCUT2D eigenvalue weighted by atomic mass is 35.5. The first kappa shape index (κ1) is 18.5. The number of ether oxygens (including phenoxy) is 1. The molecule has 0 spiro atoms. The molecule has 0 radical (unpaired) electrons. The number of rotatable bonds is 3. The van der Waals surface area contributed by atoms with Crippen LogP contribution in [0, 0.1) is 6.92 Å². The molecule has 3 rings (SSSR count). The van der Waals surface area contributed by atoms with E-state index in [1.165, 1.54) is 0 Å². The highest BCUT2D eigenvalue weighted by Crippen LogP contribution is 2.37. The molecule has 1 unspecified atom stereocenters. The number of morpholine rings is 1. The van der Waals surface area contributed by atoms with Gasteiger partial charge >= 0.3 is 6.18 Å². The third-order valence-electron chi connectivity index (χ3n) is 4.08. The summed E-state index contributed by atoms with van der Waals surface area (Å²) in [7, 11) is 0. The van der Waals surface area contributed by atoms with Crippen LogP contribution >= 0.6 is 23.2 Å². The number of aryl methyl sites for hydroxylation is 1. The molecule has 1 aliphatic rings. The van der Waals surface area contributed by atoms with Crippen LogP contribution in [0.3, 0.4) is 0 Å². The van der Waals surface area contributed by atoms with Crippen LogP contribution in [-0.4, -0.2) is 42.0 Å². The van der Waals surface area contributed by atoms with E-state index >= 15 is 0 Å². The zero-order valence-electron chi connectivity index (χ0n) is 13.2. The Labute approximate surface area is 152 Å². The van der Waals surface area contributed by atoms with Gasteiger partial charge in [0.2, 0.25) is 0 Å². The first-order valence-corrected chi connectivity index (χ1v) is 8.33. The van der Waals surface area contributed by atoms with Crippen LogP contribution in [0.4, 0.5) is 13.2 Å². The van der Waals surface area contributed by atoms with Crippen molar-refractivity contribution in [2.75, 3.05) is 19.7 Å². The molecule has 0 amide bonds. The van der Waals surface area contributed by atoms with Gasteiger partial charge in [-0.1, -0.05) is 34.4 Å². The molecule has 0 saturated carbocycles. The molecular weight excluding hydrogens is 380 g/mol. The quantitative estimate of drug-likeness (QED) is 0.754. The van der Waals surface area contributed by atoms with E-state index in [1.54, 1.807) is 30.0 Å². The van der Waals surface area contributed by atoms with Crippen molar-refractivity contribution in [3.05, 3.63) is 39.6 Å². The van der Waals surface area contributed by atoms with E-state index in [4.69, 9.17) is 32.5 Å². The van der Waals surface area contributed by atoms with Crippen molar-refractivity contribution < 1.29 is 22.4 Å². The monoisotopic (exact) mass is 394 g/mol. The molecule has 136 valence electrons. The van der Waals surface area contributed by atoms with Gasteiger partial charge in [-0.2, -0.15) is 13.2 Å². The molecule has 25 heavy (non-hydrogen) atoms. The Balaban J connectivity index is 1.88. The van der Waals surface area contributed by atoms with Crippen LogP contribution < -0.4 is 0 Å². The third-order valence-corrected chi connectivity index (χ3v) is 4.71. The molecule has 1 fully saturated rings. The average Bonchev–Trinajstić information content (AvgIpc) is 2.88. The maximum atomic E-state index is 12.9. The van der Waals surface area contributed by atoms with Crippen molar-refractivity contribution in [1.29, 1.82) is 0 Å². The van der Waals surface area contributed by atoms with Gasteiger partial charge in [-0.05, 0) is 19.1 Å². The van der Waals surface area contributed by atoms with Crippen LogP contribution in [0.5, 0.6) is 0 Å². The molecular formula is C16H15Cl2F3N2O2. The van der Waals surface area contributed by atoms with Crippen LogP contribution in [-0.2, 0) is 11.3 Å². The van der Waals surface area contributed by atoms with Crippen molar-refractivity contribution in [3.8, 4) is 11.3 Å². The van der Waals surface area contributed by atoms with E-state index < -0.39 is 12.3 Å². The summed E-state index contributed by atoms with van der Waals surface area (Å²) >= 11 is 12.4. The standard InChI is InChI=1S/C16H15Cl2F3N2O2/c1-9-10(7-23-5-6-24-13(8-23)16(19,20)21)15(22-25-9)14-11(17)3-2-4-12(14)18/h2-4,13H,5-8H2,1H3. The van der Waals surface area contributed by atoms with Gasteiger partial charge in [0.25, 0.3) is 0 Å². The normalized spacial score (nSPS) is 19.4. The minimum Gasteiger partial charge on any atom is -0.366 e. The molecule has 1 saturated heterocycles. The fraction of sp³-hybridized carbons (Fsp3) is 0.438. The summed E-state index contributed by atoms with van der Waals surface area (Å²) in [5, 5.41) is 4.82. The van der Waals surface area contributed by atoms with Crippen LogP contribution in [0.25, 0.3) is 11.3 Å². The molecule has 2 heterocycles. The zero-order valence-corrected chi connectivity index (χ0v) is 14.8. The molecule has 9 heteroatoms. The molecule has 4 nitrogen and oxygen atoms in total. The van der Waals surface area contributed by atoms with E-state index in [-0.39, 0.29) is 19.7 Å². The summed E-state index contributed by atoms with van der Waals surface area (Å²) in [6.07, 6.45) is -6.19. The largest absolute Gasteiger partial charge is 0.415 e. The van der Waals surface area contributed by atoms with Gasteiger partial charge in [-0.25, -0.2) is 0 Å². The van der Waals surface area contributed by atoms with Gasteiger partial charge in [0, 0.05) is 30.8 Å². The van der Waals surface area contributed by atoms with Gasteiger partial charge in [0.1, 0.15) is 11.5 Å². The molecule has 0 N–H and O–H groups in total. The van der Waals surface area contributed by atoms with Gasteiger partial charge in [0.05, 0.1) is 16.7 Å². The molecule has 1 atom stereocenters. The highest BCUT2D eigenvalue weighted by molar-refractivity contribution is 6.39. The SMILES string of the molecule is Cc1onc(-c2c(Cl)cccc2Cl)c1CN1CCOC(C(F)(F)F)C1. The number of aromatic nitrogens is 1. The second-order valence-electron chi connectivity index (χ2n) is 5.80. The van der Waals surface area contributed by atoms with Gasteiger partial charge in [-0.15, -0.1) is 0 Å². The Hall–Kier alpha value is -1.28. The Morgan fingerprint density at radius 3 is 2.60 bits per heavy atom. The van der Waals surface area contributed by atoms with Gasteiger partial charge < -0.3 is 9.26 Å². The molecule has 0 aliphatic carbocycles. The second-order valence-corrected chi connectivity index (χ2v) is 6.61. The first-order chi connectivity index (χ1) is 11.8. The number of hydrogen-bond donors (Lipinski definition) is 0. The van der Waals surface area contributed by atoms with Crippen molar-refractivity contribution in [2.24, 2.45) is 0 Å². The lowest BCUT2D eigenvalue weighted by molar-refractivity contribution is -0.237.